The number of guanidine groups is 1. The van der Waals surface area contributed by atoms with Gasteiger partial charge in [-0.2, -0.15) is 26.3 Å². The summed E-state index contributed by atoms with van der Waals surface area (Å²) in [5.41, 5.74) is 9.32. The first-order valence-electron chi connectivity index (χ1n) is 13.6. The van der Waals surface area contributed by atoms with Crippen LogP contribution in [-0.2, 0) is 36.5 Å². The van der Waals surface area contributed by atoms with E-state index in [2.05, 4.69) is 10.2 Å². The van der Waals surface area contributed by atoms with E-state index in [1.54, 1.807) is 20.9 Å². The fraction of sp³-hybridized carbons (Fsp3) is 0.500. The Hall–Kier alpha value is -3.68. The first-order chi connectivity index (χ1) is 19.7. The molecule has 42 heavy (non-hydrogen) atoms. The van der Waals surface area contributed by atoms with Gasteiger partial charge in [-0.05, 0) is 97.6 Å². The summed E-state index contributed by atoms with van der Waals surface area (Å²) in [5, 5.41) is 7.65. The minimum atomic E-state index is -5.01. The predicted octanol–water partition coefficient (Wildman–Crippen LogP) is 6.40. The summed E-state index contributed by atoms with van der Waals surface area (Å²) in [4.78, 5) is 16.1. The SMILES string of the molecule is C[NH2+]N=C(N=N)N(Cc1cc(C(F)(F)F)cc(C(F)(F)F)c1)C1CCCN(C(=O)OC(C)C)c2cc3c(cc21)CCC3. The third kappa shape index (κ3) is 6.85. The number of quaternary nitrogens is 1. The molecule has 2 aromatic carbocycles. The molecule has 1 aliphatic carbocycles. The van der Waals surface area contributed by atoms with E-state index in [4.69, 9.17) is 10.3 Å². The van der Waals surface area contributed by atoms with E-state index in [0.717, 1.165) is 30.4 Å². The minimum absolute atomic E-state index is 0.0833. The van der Waals surface area contributed by atoms with Gasteiger partial charge in [0.15, 0.2) is 0 Å². The molecule has 3 N–H and O–H groups in total. The van der Waals surface area contributed by atoms with Crippen LogP contribution in [0.15, 0.2) is 40.5 Å². The van der Waals surface area contributed by atoms with Crippen LogP contribution in [0.25, 0.3) is 0 Å². The normalized spacial score (nSPS) is 17.5. The van der Waals surface area contributed by atoms with E-state index in [1.165, 1.54) is 15.2 Å². The van der Waals surface area contributed by atoms with Gasteiger partial charge in [0.2, 0.25) is 0 Å². The highest BCUT2D eigenvalue weighted by atomic mass is 19.4. The highest BCUT2D eigenvalue weighted by molar-refractivity contribution is 5.90. The molecule has 1 heterocycles. The topological polar surface area (TPSA) is 98.0 Å². The van der Waals surface area contributed by atoms with Crippen molar-refractivity contribution in [2.45, 2.75) is 77.0 Å². The zero-order valence-electron chi connectivity index (χ0n) is 23.4. The van der Waals surface area contributed by atoms with E-state index in [0.29, 0.717) is 36.2 Å². The number of alkyl halides is 6. The van der Waals surface area contributed by atoms with Crippen molar-refractivity contribution >= 4 is 17.7 Å². The fourth-order valence-corrected chi connectivity index (χ4v) is 5.54. The number of hydrogen-bond acceptors (Lipinski definition) is 4. The summed E-state index contributed by atoms with van der Waals surface area (Å²) in [7, 11) is 1.56. The van der Waals surface area contributed by atoms with Gasteiger partial charge in [-0.15, -0.1) is 5.11 Å². The quantitative estimate of drug-likeness (QED) is 0.104. The molecule has 0 spiro atoms. The molecule has 0 saturated carbocycles. The molecule has 2 aromatic rings. The van der Waals surface area contributed by atoms with Gasteiger partial charge in [-0.1, -0.05) is 6.07 Å². The molecule has 0 fully saturated rings. The van der Waals surface area contributed by atoms with Crippen molar-refractivity contribution in [2.75, 3.05) is 18.5 Å². The molecule has 0 aromatic heterocycles. The third-order valence-corrected chi connectivity index (χ3v) is 7.29. The van der Waals surface area contributed by atoms with Crippen molar-refractivity contribution in [2.24, 2.45) is 10.2 Å². The van der Waals surface area contributed by atoms with Gasteiger partial charge in [-0.3, -0.25) is 4.90 Å². The lowest BCUT2D eigenvalue weighted by molar-refractivity contribution is -0.633. The van der Waals surface area contributed by atoms with Crippen molar-refractivity contribution in [3.05, 3.63) is 63.7 Å². The average Bonchev–Trinajstić information content (AvgIpc) is 3.28. The van der Waals surface area contributed by atoms with Gasteiger partial charge < -0.3 is 9.64 Å². The number of aryl methyl sites for hydroxylation is 2. The molecule has 1 atom stereocenters. The molecular formula is C28H33F6N6O2+. The average molecular weight is 600 g/mol. The number of amides is 1. The molecule has 1 amide bonds. The van der Waals surface area contributed by atoms with Gasteiger partial charge in [0.05, 0.1) is 36.0 Å². The summed E-state index contributed by atoms with van der Waals surface area (Å²) in [6, 6.07) is 4.63. The number of fused-ring (bicyclic) bond motifs is 2. The first kappa shape index (κ1) is 31.3. The molecule has 14 heteroatoms. The van der Waals surface area contributed by atoms with E-state index in [9.17, 15) is 31.1 Å². The van der Waals surface area contributed by atoms with E-state index >= 15 is 0 Å². The maximum Gasteiger partial charge on any atom is 0.416 e. The second-order valence-corrected chi connectivity index (χ2v) is 10.6. The number of nitrogens with two attached hydrogens (primary N) is 1. The summed E-state index contributed by atoms with van der Waals surface area (Å²) in [6.45, 7) is 3.30. The number of carbonyl (C=O) groups excluding carboxylic acids is 1. The number of benzene rings is 2. The van der Waals surface area contributed by atoms with Crippen LogP contribution in [0.4, 0.5) is 36.8 Å². The number of hydrogen-bond donors (Lipinski definition) is 2. The Kier molecular flexibility index (Phi) is 9.14. The van der Waals surface area contributed by atoms with Gasteiger partial charge in [0, 0.05) is 13.1 Å². The summed E-state index contributed by atoms with van der Waals surface area (Å²) < 4.78 is 87.4. The maximum atomic E-state index is 13.7. The first-order valence-corrected chi connectivity index (χ1v) is 13.6. The van der Waals surface area contributed by atoms with Gasteiger partial charge >= 0.3 is 18.4 Å². The van der Waals surface area contributed by atoms with Crippen LogP contribution in [0, 0.1) is 5.53 Å². The Morgan fingerprint density at radius 2 is 1.67 bits per heavy atom. The lowest BCUT2D eigenvalue weighted by Crippen LogP contribution is -2.73. The zero-order valence-corrected chi connectivity index (χ0v) is 23.4. The van der Waals surface area contributed by atoms with Crippen molar-refractivity contribution in [3.63, 3.8) is 0 Å². The molecular weight excluding hydrogens is 566 g/mol. The molecule has 0 saturated heterocycles. The number of nitrogens with one attached hydrogen (secondary N) is 1. The fourth-order valence-electron chi connectivity index (χ4n) is 5.54. The summed E-state index contributed by atoms with van der Waals surface area (Å²) in [5.74, 6) is -0.182. The van der Waals surface area contributed by atoms with Gasteiger partial charge in [0.1, 0.15) is 0 Å². The molecule has 8 nitrogen and oxygen atoms in total. The number of halogens is 6. The second kappa shape index (κ2) is 12.3. The van der Waals surface area contributed by atoms with E-state index in [1.807, 2.05) is 12.1 Å². The van der Waals surface area contributed by atoms with Crippen molar-refractivity contribution in [1.29, 1.82) is 5.53 Å². The lowest BCUT2D eigenvalue weighted by Gasteiger charge is -2.33. The molecule has 1 unspecified atom stereocenters. The summed E-state index contributed by atoms with van der Waals surface area (Å²) in [6.07, 6.45) is -7.64. The smallest absolute Gasteiger partial charge is 0.416 e. The number of carbonyl (C=O) groups is 1. The Balaban J connectivity index is 1.88. The highest BCUT2D eigenvalue weighted by Gasteiger charge is 2.39. The molecule has 2 aliphatic rings. The Morgan fingerprint density at radius 1 is 1.05 bits per heavy atom. The van der Waals surface area contributed by atoms with Crippen LogP contribution in [-0.4, -0.2) is 36.6 Å². The van der Waals surface area contributed by atoms with Crippen LogP contribution in [0.5, 0.6) is 0 Å². The monoisotopic (exact) mass is 599 g/mol. The molecule has 228 valence electrons. The highest BCUT2D eigenvalue weighted by Crippen LogP contribution is 2.42. The van der Waals surface area contributed by atoms with Crippen LogP contribution in [0.1, 0.15) is 72.5 Å². The zero-order chi connectivity index (χ0) is 30.8. The third-order valence-electron chi connectivity index (χ3n) is 7.29. The van der Waals surface area contributed by atoms with Crippen LogP contribution < -0.4 is 10.3 Å². The number of ether oxygens (including phenoxy) is 1. The van der Waals surface area contributed by atoms with Crippen LogP contribution in [0.2, 0.25) is 0 Å². The standard InChI is InChI=1S/C28H32F6N6O2/c1-16(2)42-26(41)39-9-5-8-23(22-12-18-6-4-7-19(18)13-24(22)39)40(25(37-35)38-36-3)15-17-10-20(27(29,30)31)14-21(11-17)28(32,33)34/h10-14,16,23,35-36H,4-9,15H2,1-3H3/p+1. The molecule has 1 aliphatic heterocycles. The number of anilines is 1. The van der Waals surface area contributed by atoms with Crippen molar-refractivity contribution in [1.82, 2.24) is 4.90 Å². The minimum Gasteiger partial charge on any atom is -0.446 e. The van der Waals surface area contributed by atoms with E-state index in [-0.39, 0.29) is 30.2 Å². The Labute approximate surface area is 239 Å². The summed E-state index contributed by atoms with van der Waals surface area (Å²) >= 11 is 0. The Bertz CT molecular complexity index is 1330. The Morgan fingerprint density at radius 3 is 2.21 bits per heavy atom. The molecule has 0 radical (unpaired) electrons. The molecule has 0 bridgehead atoms. The largest absolute Gasteiger partial charge is 0.446 e. The van der Waals surface area contributed by atoms with E-state index < -0.39 is 42.2 Å². The predicted molar refractivity (Wildman–Crippen MR) is 142 cm³/mol. The lowest BCUT2D eigenvalue weighted by atomic mass is 9.95. The van der Waals surface area contributed by atoms with Crippen LogP contribution in [0.3, 0.4) is 0 Å². The van der Waals surface area contributed by atoms with Gasteiger partial charge in [0.25, 0.3) is 5.96 Å². The maximum absolute atomic E-state index is 13.7. The second-order valence-electron chi connectivity index (χ2n) is 10.6. The number of nitrogens with zero attached hydrogens (tertiary/aromatic N) is 4. The van der Waals surface area contributed by atoms with Crippen molar-refractivity contribution in [3.8, 4) is 0 Å². The number of rotatable bonds is 5. The van der Waals surface area contributed by atoms with Gasteiger partial charge in [-0.25, -0.2) is 15.8 Å². The molecule has 4 rings (SSSR count). The van der Waals surface area contributed by atoms with Crippen molar-refractivity contribution < 1.29 is 41.3 Å². The van der Waals surface area contributed by atoms with Crippen LogP contribution >= 0.6 is 0 Å².